The Morgan fingerprint density at radius 2 is 2.00 bits per heavy atom. The number of hydrogen-bond donors (Lipinski definition) is 1. The molecule has 1 aliphatic heterocycles. The molecule has 3 atom stereocenters. The molecule has 4 heteroatoms. The summed E-state index contributed by atoms with van der Waals surface area (Å²) in [5.74, 6) is 0.318. The molecule has 0 bridgehead atoms. The lowest BCUT2D eigenvalue weighted by Gasteiger charge is -2.13. The zero-order valence-corrected chi connectivity index (χ0v) is 11.1. The van der Waals surface area contributed by atoms with Crippen molar-refractivity contribution in [2.45, 2.75) is 37.6 Å². The molecule has 0 spiro atoms. The average Bonchev–Trinajstić information content (AvgIpc) is 3.15. The number of halogens is 1. The van der Waals surface area contributed by atoms with Gasteiger partial charge in [-0.15, -0.1) is 0 Å². The normalized spacial score (nSPS) is 26.5. The minimum absolute atomic E-state index is 0.0543. The number of alkyl halides is 1. The van der Waals surface area contributed by atoms with Crippen LogP contribution in [0.15, 0.2) is 36.4 Å². The van der Waals surface area contributed by atoms with Crippen LogP contribution in [0.4, 0.5) is 4.39 Å². The second-order valence-electron chi connectivity index (χ2n) is 5.85. The van der Waals surface area contributed by atoms with E-state index >= 15 is 0 Å². The van der Waals surface area contributed by atoms with Gasteiger partial charge in [-0.25, -0.2) is 4.39 Å². The van der Waals surface area contributed by atoms with Crippen LogP contribution in [0.2, 0.25) is 0 Å². The number of aliphatic hydroxyl groups excluding tert-OH is 1. The molecule has 0 saturated heterocycles. The fraction of sp³-hybridized carbons (Fsp3) is 0.438. The van der Waals surface area contributed by atoms with Gasteiger partial charge in [0.2, 0.25) is 0 Å². The molecule has 2 aromatic rings. The van der Waals surface area contributed by atoms with E-state index < -0.39 is 12.3 Å². The summed E-state index contributed by atoms with van der Waals surface area (Å²) in [6, 6.07) is 11.6. The summed E-state index contributed by atoms with van der Waals surface area (Å²) in [7, 11) is 0. The van der Waals surface area contributed by atoms with Crippen LogP contribution in [-0.2, 0) is 0 Å². The van der Waals surface area contributed by atoms with Crippen LogP contribution >= 0.6 is 0 Å². The van der Waals surface area contributed by atoms with Gasteiger partial charge in [0.05, 0.1) is 17.4 Å². The summed E-state index contributed by atoms with van der Waals surface area (Å²) in [6.45, 7) is 0. The van der Waals surface area contributed by atoms with E-state index in [2.05, 4.69) is 5.10 Å². The summed E-state index contributed by atoms with van der Waals surface area (Å²) in [5.41, 5.74) is 2.31. The fourth-order valence-corrected chi connectivity index (χ4v) is 3.08. The van der Waals surface area contributed by atoms with Gasteiger partial charge in [-0.2, -0.15) is 5.10 Å². The van der Waals surface area contributed by atoms with Gasteiger partial charge in [0.15, 0.2) is 0 Å². The van der Waals surface area contributed by atoms with Gasteiger partial charge >= 0.3 is 0 Å². The largest absolute Gasteiger partial charge is 0.386 e. The van der Waals surface area contributed by atoms with Crippen LogP contribution in [0.25, 0.3) is 0 Å². The van der Waals surface area contributed by atoms with E-state index in [0.717, 1.165) is 18.4 Å². The zero-order chi connectivity index (χ0) is 13.7. The van der Waals surface area contributed by atoms with Crippen LogP contribution in [0, 0.1) is 5.92 Å². The van der Waals surface area contributed by atoms with Crippen molar-refractivity contribution >= 4 is 0 Å². The third-order valence-corrected chi connectivity index (χ3v) is 4.39. The van der Waals surface area contributed by atoms with Crippen molar-refractivity contribution in [1.29, 1.82) is 0 Å². The monoisotopic (exact) mass is 272 g/mol. The number of aromatic nitrogens is 2. The van der Waals surface area contributed by atoms with E-state index in [-0.39, 0.29) is 6.04 Å². The predicted octanol–water partition coefficient (Wildman–Crippen LogP) is 3.33. The predicted molar refractivity (Wildman–Crippen MR) is 73.0 cm³/mol. The first kappa shape index (κ1) is 12.1. The van der Waals surface area contributed by atoms with Gasteiger partial charge in [0.1, 0.15) is 12.3 Å². The first-order chi connectivity index (χ1) is 9.74. The maximum absolute atomic E-state index is 14.2. The van der Waals surface area contributed by atoms with Crippen LogP contribution in [0.3, 0.4) is 0 Å². The molecule has 0 radical (unpaired) electrons. The Bertz CT molecular complexity index is 621. The molecule has 1 aliphatic carbocycles. The van der Waals surface area contributed by atoms with Gasteiger partial charge in [-0.1, -0.05) is 30.3 Å². The number of aliphatic hydroxyl groups is 1. The highest BCUT2D eigenvalue weighted by Crippen LogP contribution is 2.44. The molecular formula is C16H17FN2O. The van der Waals surface area contributed by atoms with Crippen molar-refractivity contribution in [3.63, 3.8) is 0 Å². The summed E-state index contributed by atoms with van der Waals surface area (Å²) in [5, 5.41) is 14.6. The van der Waals surface area contributed by atoms with Crippen molar-refractivity contribution in [3.05, 3.63) is 53.3 Å². The maximum atomic E-state index is 14.2. The molecule has 1 aromatic carbocycles. The summed E-state index contributed by atoms with van der Waals surface area (Å²) in [6.07, 6.45) is 1.01. The Morgan fingerprint density at radius 1 is 1.25 bits per heavy atom. The van der Waals surface area contributed by atoms with E-state index in [1.165, 1.54) is 0 Å². The number of fused-ring (bicyclic) bond motifs is 1. The first-order valence-electron chi connectivity index (χ1n) is 7.20. The van der Waals surface area contributed by atoms with E-state index in [1.807, 2.05) is 30.3 Å². The third-order valence-electron chi connectivity index (χ3n) is 4.39. The van der Waals surface area contributed by atoms with Gasteiger partial charge in [0, 0.05) is 6.42 Å². The zero-order valence-electron chi connectivity index (χ0n) is 11.1. The summed E-state index contributed by atoms with van der Waals surface area (Å²) in [4.78, 5) is 0. The molecule has 1 N–H and O–H groups in total. The molecule has 1 saturated carbocycles. The van der Waals surface area contributed by atoms with E-state index in [0.29, 0.717) is 23.7 Å². The van der Waals surface area contributed by atoms with E-state index in [9.17, 15) is 9.50 Å². The summed E-state index contributed by atoms with van der Waals surface area (Å²) >= 11 is 0. The van der Waals surface area contributed by atoms with Gasteiger partial charge < -0.3 is 5.11 Å². The SMILES string of the molecule is O[C@H](c1cc2n(n1)C(c1ccccc1)CC2F)C1CC1. The molecule has 2 aliphatic rings. The van der Waals surface area contributed by atoms with Gasteiger partial charge in [-0.3, -0.25) is 4.68 Å². The molecule has 104 valence electrons. The lowest BCUT2D eigenvalue weighted by atomic mass is 10.0. The van der Waals surface area contributed by atoms with Crippen molar-refractivity contribution in [1.82, 2.24) is 9.78 Å². The summed E-state index contributed by atoms with van der Waals surface area (Å²) < 4.78 is 16.0. The molecule has 1 fully saturated rings. The lowest BCUT2D eigenvalue weighted by molar-refractivity contribution is 0.147. The Hall–Kier alpha value is -1.68. The Labute approximate surface area is 117 Å². The quantitative estimate of drug-likeness (QED) is 0.930. The second-order valence-corrected chi connectivity index (χ2v) is 5.85. The van der Waals surface area contributed by atoms with Gasteiger partial charge in [-0.05, 0) is 30.4 Å². The highest BCUT2D eigenvalue weighted by molar-refractivity contribution is 5.28. The number of nitrogens with zero attached hydrogens (tertiary/aromatic N) is 2. The average molecular weight is 272 g/mol. The van der Waals surface area contributed by atoms with Gasteiger partial charge in [0.25, 0.3) is 0 Å². The fourth-order valence-electron chi connectivity index (χ4n) is 3.08. The van der Waals surface area contributed by atoms with Crippen molar-refractivity contribution in [2.24, 2.45) is 5.92 Å². The number of benzene rings is 1. The lowest BCUT2D eigenvalue weighted by Crippen LogP contribution is -2.09. The standard InChI is InChI=1S/C16H17FN2O/c17-12-8-14(10-4-2-1-3-5-10)19-15(12)9-13(18-19)16(20)11-6-7-11/h1-5,9,11-12,14,16,20H,6-8H2/t12?,14?,16-/m0/s1. The van der Waals surface area contributed by atoms with Crippen LogP contribution in [-0.4, -0.2) is 14.9 Å². The highest BCUT2D eigenvalue weighted by Gasteiger charge is 2.37. The molecule has 4 rings (SSSR count). The molecule has 2 unspecified atom stereocenters. The minimum Gasteiger partial charge on any atom is -0.386 e. The molecular weight excluding hydrogens is 255 g/mol. The highest BCUT2D eigenvalue weighted by atomic mass is 19.1. The van der Waals surface area contributed by atoms with Crippen LogP contribution < -0.4 is 0 Å². The van der Waals surface area contributed by atoms with Crippen molar-refractivity contribution in [3.8, 4) is 0 Å². The van der Waals surface area contributed by atoms with Crippen LogP contribution in [0.5, 0.6) is 0 Å². The van der Waals surface area contributed by atoms with E-state index in [4.69, 9.17) is 0 Å². The molecule has 2 heterocycles. The number of hydrogen-bond acceptors (Lipinski definition) is 2. The third kappa shape index (κ3) is 1.86. The Balaban J connectivity index is 1.71. The molecule has 3 nitrogen and oxygen atoms in total. The maximum Gasteiger partial charge on any atom is 0.144 e. The van der Waals surface area contributed by atoms with E-state index in [1.54, 1.807) is 10.7 Å². The second kappa shape index (κ2) is 4.42. The molecule has 0 amide bonds. The topological polar surface area (TPSA) is 38.0 Å². The first-order valence-corrected chi connectivity index (χ1v) is 7.20. The minimum atomic E-state index is -0.993. The Kier molecular flexibility index (Phi) is 2.67. The van der Waals surface area contributed by atoms with Crippen molar-refractivity contribution in [2.75, 3.05) is 0 Å². The Morgan fingerprint density at radius 3 is 2.70 bits per heavy atom. The van der Waals surface area contributed by atoms with Crippen molar-refractivity contribution < 1.29 is 9.50 Å². The smallest absolute Gasteiger partial charge is 0.144 e. The molecule has 20 heavy (non-hydrogen) atoms. The molecule has 1 aromatic heterocycles. The van der Waals surface area contributed by atoms with Crippen LogP contribution in [0.1, 0.15) is 54.5 Å². The number of rotatable bonds is 3.